The molecule has 1 saturated carbocycles. The highest BCUT2D eigenvalue weighted by atomic mass is 35.5. The van der Waals surface area contributed by atoms with Crippen molar-refractivity contribution in [3.63, 3.8) is 0 Å². The Hall–Kier alpha value is -1.66. The molecule has 0 N–H and O–H groups in total. The molecule has 0 radical (unpaired) electrons. The van der Waals surface area contributed by atoms with Gasteiger partial charge in [0, 0.05) is 0 Å². The third-order valence-electron chi connectivity index (χ3n) is 6.05. The van der Waals surface area contributed by atoms with Crippen LogP contribution in [0.1, 0.15) is 68.9 Å². The third-order valence-corrected chi connectivity index (χ3v) is 6.05. The maximum atomic E-state index is 5.35. The molecule has 2 fully saturated rings. The number of hydrogen-bond acceptors (Lipinski definition) is 5. The van der Waals surface area contributed by atoms with E-state index in [2.05, 4.69) is 44.2 Å². The fraction of sp³-hybridized carbons (Fsp3) is 0.650. The standard InChI is InChI=1S/C20H29N5O.ClH/c1-15-11-13-24(14-12-15)19(16-7-9-18(26-2)10-8-16)20-21-22-23-25(20)17-5-3-4-6-17;/h7-10,15,17,19H,3-6,11-14H2,1-2H3;1H/p-1. The van der Waals surface area contributed by atoms with Crippen molar-refractivity contribution in [1.29, 1.82) is 0 Å². The molecule has 0 amide bonds. The Morgan fingerprint density at radius 3 is 2.33 bits per heavy atom. The highest BCUT2D eigenvalue weighted by Gasteiger charge is 2.32. The number of ether oxygens (including phenoxy) is 1. The summed E-state index contributed by atoms with van der Waals surface area (Å²) in [7, 11) is 1.71. The normalized spacial score (nSPS) is 20.4. The van der Waals surface area contributed by atoms with E-state index in [9.17, 15) is 0 Å². The van der Waals surface area contributed by atoms with Crippen LogP contribution in [0.5, 0.6) is 5.75 Å². The first-order valence-corrected chi connectivity index (χ1v) is 9.92. The molecule has 1 aliphatic carbocycles. The fourth-order valence-electron chi connectivity index (χ4n) is 4.39. The minimum atomic E-state index is 0. The summed E-state index contributed by atoms with van der Waals surface area (Å²) >= 11 is 0. The summed E-state index contributed by atoms with van der Waals surface area (Å²) in [4.78, 5) is 2.55. The Bertz CT molecular complexity index is 705. The second-order valence-electron chi connectivity index (χ2n) is 7.81. The van der Waals surface area contributed by atoms with Gasteiger partial charge in [0.25, 0.3) is 0 Å². The topological polar surface area (TPSA) is 56.1 Å². The number of piperidine rings is 1. The lowest BCUT2D eigenvalue weighted by atomic mass is 9.95. The minimum absolute atomic E-state index is 0. The van der Waals surface area contributed by atoms with Crippen molar-refractivity contribution in [1.82, 2.24) is 25.1 Å². The van der Waals surface area contributed by atoms with E-state index in [1.165, 1.54) is 44.1 Å². The maximum Gasteiger partial charge on any atom is 0.173 e. The van der Waals surface area contributed by atoms with E-state index in [-0.39, 0.29) is 18.4 Å². The van der Waals surface area contributed by atoms with Crippen molar-refractivity contribution < 1.29 is 17.1 Å². The molecule has 1 aliphatic heterocycles. The van der Waals surface area contributed by atoms with Gasteiger partial charge >= 0.3 is 0 Å². The van der Waals surface area contributed by atoms with Gasteiger partial charge in [-0.2, -0.15) is 0 Å². The molecule has 0 bridgehead atoms. The van der Waals surface area contributed by atoms with Crippen LogP contribution in [0.25, 0.3) is 0 Å². The lowest BCUT2D eigenvalue weighted by molar-refractivity contribution is -0.00000600. The first kappa shape index (κ1) is 20.1. The summed E-state index contributed by atoms with van der Waals surface area (Å²) in [5.41, 5.74) is 1.24. The number of hydrogen-bond donors (Lipinski definition) is 0. The van der Waals surface area contributed by atoms with Gasteiger partial charge in [-0.05, 0) is 72.8 Å². The molecule has 6 nitrogen and oxygen atoms in total. The lowest BCUT2D eigenvalue weighted by Gasteiger charge is -2.36. The Morgan fingerprint density at radius 1 is 1.04 bits per heavy atom. The monoisotopic (exact) mass is 390 g/mol. The summed E-state index contributed by atoms with van der Waals surface area (Å²) in [6, 6.07) is 8.97. The third kappa shape index (κ3) is 4.27. The molecule has 2 heterocycles. The largest absolute Gasteiger partial charge is 1.00 e. The molecule has 1 aromatic carbocycles. The van der Waals surface area contributed by atoms with Crippen LogP contribution in [0, 0.1) is 5.92 Å². The van der Waals surface area contributed by atoms with E-state index in [0.29, 0.717) is 6.04 Å². The number of benzene rings is 1. The predicted octanol–water partition coefficient (Wildman–Crippen LogP) is 0.622. The van der Waals surface area contributed by atoms with Crippen molar-refractivity contribution in [2.45, 2.75) is 57.5 Å². The highest BCUT2D eigenvalue weighted by molar-refractivity contribution is 5.32. The molecular formula is C20H29ClN5O-. The van der Waals surface area contributed by atoms with E-state index in [4.69, 9.17) is 4.74 Å². The number of likely N-dealkylation sites (tertiary alicyclic amines) is 1. The fourth-order valence-corrected chi connectivity index (χ4v) is 4.39. The van der Waals surface area contributed by atoms with Crippen molar-refractivity contribution >= 4 is 0 Å². The van der Waals surface area contributed by atoms with Gasteiger partial charge in [-0.15, -0.1) is 5.10 Å². The zero-order valence-corrected chi connectivity index (χ0v) is 17.0. The smallest absolute Gasteiger partial charge is 0.173 e. The Balaban J connectivity index is 0.00000210. The van der Waals surface area contributed by atoms with Crippen LogP contribution in [-0.4, -0.2) is 45.3 Å². The zero-order valence-electron chi connectivity index (χ0n) is 16.2. The van der Waals surface area contributed by atoms with Crippen molar-refractivity contribution in [2.24, 2.45) is 5.92 Å². The van der Waals surface area contributed by atoms with E-state index in [1.807, 2.05) is 12.1 Å². The Labute approximate surface area is 167 Å². The number of methoxy groups -OCH3 is 1. The molecule has 4 rings (SSSR count). The van der Waals surface area contributed by atoms with Crippen LogP contribution in [0.3, 0.4) is 0 Å². The van der Waals surface area contributed by atoms with Gasteiger partial charge in [0.05, 0.1) is 19.2 Å². The van der Waals surface area contributed by atoms with Crippen molar-refractivity contribution in [3.8, 4) is 5.75 Å². The summed E-state index contributed by atoms with van der Waals surface area (Å²) in [5.74, 6) is 2.68. The van der Waals surface area contributed by atoms with E-state index >= 15 is 0 Å². The van der Waals surface area contributed by atoms with Gasteiger partial charge in [-0.3, -0.25) is 4.90 Å². The van der Waals surface area contributed by atoms with Gasteiger partial charge in [0.15, 0.2) is 5.82 Å². The second kappa shape index (κ2) is 9.02. The number of halogens is 1. The molecule has 7 heteroatoms. The van der Waals surface area contributed by atoms with Crippen LogP contribution in [0.2, 0.25) is 0 Å². The molecule has 27 heavy (non-hydrogen) atoms. The average Bonchev–Trinajstić information content (AvgIpc) is 3.35. The van der Waals surface area contributed by atoms with Crippen LogP contribution in [0.15, 0.2) is 24.3 Å². The molecule has 1 aromatic heterocycles. The first-order valence-electron chi connectivity index (χ1n) is 9.92. The van der Waals surface area contributed by atoms with Gasteiger partial charge in [0.2, 0.25) is 0 Å². The van der Waals surface area contributed by atoms with Gasteiger partial charge < -0.3 is 17.1 Å². The van der Waals surface area contributed by atoms with Gasteiger partial charge in [-0.1, -0.05) is 31.9 Å². The van der Waals surface area contributed by atoms with Crippen LogP contribution < -0.4 is 17.1 Å². The molecular weight excluding hydrogens is 362 g/mol. The second-order valence-corrected chi connectivity index (χ2v) is 7.81. The first-order chi connectivity index (χ1) is 12.8. The quantitative estimate of drug-likeness (QED) is 0.749. The van der Waals surface area contributed by atoms with Crippen molar-refractivity contribution in [2.75, 3.05) is 20.2 Å². The van der Waals surface area contributed by atoms with Crippen LogP contribution in [-0.2, 0) is 0 Å². The van der Waals surface area contributed by atoms with E-state index in [1.54, 1.807) is 7.11 Å². The Kier molecular flexibility index (Phi) is 6.71. The maximum absolute atomic E-state index is 5.35. The molecule has 1 unspecified atom stereocenters. The van der Waals surface area contributed by atoms with E-state index < -0.39 is 0 Å². The highest BCUT2D eigenvalue weighted by Crippen LogP contribution is 2.36. The summed E-state index contributed by atoms with van der Waals surface area (Å²) in [6.07, 6.45) is 7.39. The molecule has 148 valence electrons. The van der Waals surface area contributed by atoms with Crippen LogP contribution >= 0.6 is 0 Å². The minimum Gasteiger partial charge on any atom is -1.00 e. The molecule has 2 aromatic rings. The number of aromatic nitrogens is 4. The van der Waals surface area contributed by atoms with Crippen LogP contribution in [0.4, 0.5) is 0 Å². The zero-order chi connectivity index (χ0) is 17.9. The molecule has 0 spiro atoms. The average molecular weight is 391 g/mol. The van der Waals surface area contributed by atoms with Crippen molar-refractivity contribution in [3.05, 3.63) is 35.7 Å². The molecule has 2 aliphatic rings. The SMILES string of the molecule is COc1ccc(C(c2nnnn2C2CCCC2)N2CCC(C)CC2)cc1.[Cl-]. The van der Waals surface area contributed by atoms with E-state index in [0.717, 1.165) is 30.6 Å². The number of rotatable bonds is 5. The van der Waals surface area contributed by atoms with Gasteiger partial charge in [0.1, 0.15) is 5.75 Å². The molecule has 1 atom stereocenters. The predicted molar refractivity (Wildman–Crippen MR) is 100 cm³/mol. The summed E-state index contributed by atoms with van der Waals surface area (Å²) in [6.45, 7) is 4.53. The lowest BCUT2D eigenvalue weighted by Crippen LogP contribution is -3.00. The van der Waals surface area contributed by atoms with Gasteiger partial charge in [-0.25, -0.2) is 4.68 Å². The molecule has 1 saturated heterocycles. The Morgan fingerprint density at radius 2 is 1.70 bits per heavy atom. The summed E-state index contributed by atoms with van der Waals surface area (Å²) < 4.78 is 7.46. The number of nitrogens with zero attached hydrogens (tertiary/aromatic N) is 5. The summed E-state index contributed by atoms with van der Waals surface area (Å²) in [5, 5.41) is 13.0. The number of tetrazole rings is 1.